The maximum absolute atomic E-state index is 13.4. The summed E-state index contributed by atoms with van der Waals surface area (Å²) in [5.74, 6) is -0.0705. The fourth-order valence-electron chi connectivity index (χ4n) is 3.51. The second-order valence-electron chi connectivity index (χ2n) is 7.26. The van der Waals surface area contributed by atoms with Crippen LogP contribution in [0.2, 0.25) is 0 Å². The van der Waals surface area contributed by atoms with Crippen LogP contribution in [-0.4, -0.2) is 55.5 Å². The molecule has 2 unspecified atom stereocenters. The molecule has 4 nitrogen and oxygen atoms in total. The van der Waals surface area contributed by atoms with Crippen LogP contribution in [0.3, 0.4) is 0 Å². The Morgan fingerprint density at radius 3 is 2.00 bits per heavy atom. The number of aliphatic hydroxyl groups is 1. The van der Waals surface area contributed by atoms with Crippen LogP contribution < -0.4 is 0 Å². The SMILES string of the molecule is CN(C)CCCC(C(=O)N(C)C)(c1ccccc1)C(O)c1ccccc1. The van der Waals surface area contributed by atoms with Crippen molar-refractivity contribution in [1.82, 2.24) is 9.80 Å². The summed E-state index contributed by atoms with van der Waals surface area (Å²) >= 11 is 0. The van der Waals surface area contributed by atoms with E-state index in [-0.39, 0.29) is 5.91 Å². The van der Waals surface area contributed by atoms with Gasteiger partial charge in [0.05, 0.1) is 6.10 Å². The van der Waals surface area contributed by atoms with Crippen molar-refractivity contribution in [2.24, 2.45) is 0 Å². The van der Waals surface area contributed by atoms with Crippen molar-refractivity contribution < 1.29 is 9.90 Å². The molecule has 0 saturated heterocycles. The smallest absolute Gasteiger partial charge is 0.235 e. The summed E-state index contributed by atoms with van der Waals surface area (Å²) in [4.78, 5) is 17.1. The van der Waals surface area contributed by atoms with Crippen molar-refractivity contribution in [3.05, 3.63) is 71.8 Å². The van der Waals surface area contributed by atoms with Gasteiger partial charge in [-0.1, -0.05) is 60.7 Å². The molecule has 140 valence electrons. The topological polar surface area (TPSA) is 43.8 Å². The first-order chi connectivity index (χ1) is 12.4. The Labute approximate surface area is 157 Å². The molecule has 0 aliphatic carbocycles. The fourth-order valence-corrected chi connectivity index (χ4v) is 3.51. The third-order valence-electron chi connectivity index (χ3n) is 4.84. The molecule has 2 aromatic rings. The quantitative estimate of drug-likeness (QED) is 0.792. The maximum atomic E-state index is 13.4. The number of aliphatic hydroxyl groups excluding tert-OH is 1. The standard InChI is InChI=1S/C22H30N2O2/c1-23(2)17-11-16-22(21(26)24(3)4,19-14-9-6-10-15-19)20(25)18-12-7-5-8-13-18/h5-10,12-15,20,25H,11,16-17H2,1-4H3. The highest BCUT2D eigenvalue weighted by Crippen LogP contribution is 2.42. The van der Waals surface area contributed by atoms with Gasteiger partial charge < -0.3 is 14.9 Å². The number of carbonyl (C=O) groups excluding carboxylic acids is 1. The molecule has 2 rings (SSSR count). The number of rotatable bonds is 8. The highest BCUT2D eigenvalue weighted by Gasteiger charge is 2.47. The molecular formula is C22H30N2O2. The van der Waals surface area contributed by atoms with E-state index in [9.17, 15) is 9.90 Å². The van der Waals surface area contributed by atoms with Crippen molar-refractivity contribution in [1.29, 1.82) is 0 Å². The molecule has 0 fully saturated rings. The van der Waals surface area contributed by atoms with Crippen LogP contribution in [0.25, 0.3) is 0 Å². The number of hydrogen-bond acceptors (Lipinski definition) is 3. The molecule has 26 heavy (non-hydrogen) atoms. The van der Waals surface area contributed by atoms with E-state index in [1.165, 1.54) is 0 Å². The van der Waals surface area contributed by atoms with Gasteiger partial charge in [-0.3, -0.25) is 4.79 Å². The Balaban J connectivity index is 2.57. The Morgan fingerprint density at radius 1 is 0.962 bits per heavy atom. The molecule has 0 bridgehead atoms. The van der Waals surface area contributed by atoms with Crippen molar-refractivity contribution in [3.63, 3.8) is 0 Å². The zero-order chi connectivity index (χ0) is 19.2. The van der Waals surface area contributed by atoms with Crippen molar-refractivity contribution in [2.75, 3.05) is 34.7 Å². The first-order valence-electron chi connectivity index (χ1n) is 9.04. The number of benzene rings is 2. The van der Waals surface area contributed by atoms with Crippen LogP contribution in [-0.2, 0) is 10.2 Å². The summed E-state index contributed by atoms with van der Waals surface area (Å²) in [7, 11) is 7.55. The first-order valence-corrected chi connectivity index (χ1v) is 9.04. The van der Waals surface area contributed by atoms with E-state index in [0.717, 1.165) is 24.1 Å². The molecule has 0 heterocycles. The Hall–Kier alpha value is -2.17. The number of amides is 1. The molecule has 0 aromatic heterocycles. The van der Waals surface area contributed by atoms with Gasteiger partial charge in [-0.15, -0.1) is 0 Å². The largest absolute Gasteiger partial charge is 0.387 e. The molecule has 0 radical (unpaired) electrons. The predicted molar refractivity (Wildman–Crippen MR) is 106 cm³/mol. The lowest BCUT2D eigenvalue weighted by molar-refractivity contribution is -0.140. The Morgan fingerprint density at radius 2 is 1.50 bits per heavy atom. The Bertz CT molecular complexity index is 686. The Kier molecular flexibility index (Phi) is 6.95. The van der Waals surface area contributed by atoms with Crippen LogP contribution in [0.5, 0.6) is 0 Å². The van der Waals surface area contributed by atoms with E-state index in [2.05, 4.69) is 4.90 Å². The lowest BCUT2D eigenvalue weighted by Crippen LogP contribution is -2.48. The lowest BCUT2D eigenvalue weighted by atomic mass is 9.69. The van der Waals surface area contributed by atoms with Gasteiger partial charge in [0.15, 0.2) is 0 Å². The second-order valence-corrected chi connectivity index (χ2v) is 7.26. The second kappa shape index (κ2) is 8.97. The molecule has 2 aromatic carbocycles. The normalized spacial score (nSPS) is 14.7. The molecule has 0 saturated carbocycles. The average molecular weight is 354 g/mol. The molecule has 0 spiro atoms. The average Bonchev–Trinajstić information content (AvgIpc) is 2.65. The van der Waals surface area contributed by atoms with Crippen LogP contribution in [0, 0.1) is 0 Å². The highest BCUT2D eigenvalue weighted by atomic mass is 16.3. The monoisotopic (exact) mass is 354 g/mol. The van der Waals surface area contributed by atoms with Crippen molar-refractivity contribution in [2.45, 2.75) is 24.4 Å². The van der Waals surface area contributed by atoms with E-state index >= 15 is 0 Å². The molecule has 0 aliphatic heterocycles. The van der Waals surface area contributed by atoms with Gasteiger partial charge in [0.2, 0.25) is 5.91 Å². The lowest BCUT2D eigenvalue weighted by Gasteiger charge is -2.39. The summed E-state index contributed by atoms with van der Waals surface area (Å²) in [6.07, 6.45) is 0.469. The van der Waals surface area contributed by atoms with Gasteiger partial charge >= 0.3 is 0 Å². The van der Waals surface area contributed by atoms with Crippen molar-refractivity contribution >= 4 is 5.91 Å². The number of hydrogen-bond donors (Lipinski definition) is 1. The number of carbonyl (C=O) groups is 1. The van der Waals surface area contributed by atoms with Crippen LogP contribution in [0.1, 0.15) is 30.1 Å². The third kappa shape index (κ3) is 4.32. The van der Waals surface area contributed by atoms with Gasteiger partial charge in [-0.2, -0.15) is 0 Å². The number of likely N-dealkylation sites (N-methyl/N-ethyl adjacent to an activating group) is 1. The van der Waals surface area contributed by atoms with Gasteiger partial charge in [0, 0.05) is 14.1 Å². The minimum absolute atomic E-state index is 0.0705. The molecule has 4 heteroatoms. The molecule has 1 N–H and O–H groups in total. The molecule has 1 amide bonds. The van der Waals surface area contributed by atoms with Crippen LogP contribution >= 0.6 is 0 Å². The predicted octanol–water partition coefficient (Wildman–Crippen LogP) is 3.09. The van der Waals surface area contributed by atoms with Gasteiger partial charge in [-0.25, -0.2) is 0 Å². The summed E-state index contributed by atoms with van der Waals surface area (Å²) in [5.41, 5.74) is 0.604. The summed E-state index contributed by atoms with van der Waals surface area (Å²) < 4.78 is 0. The zero-order valence-electron chi connectivity index (χ0n) is 16.2. The molecular weight excluding hydrogens is 324 g/mol. The minimum Gasteiger partial charge on any atom is -0.387 e. The van der Waals surface area contributed by atoms with Gasteiger partial charge in [-0.05, 0) is 44.6 Å². The van der Waals surface area contributed by atoms with E-state index in [0.29, 0.717) is 6.42 Å². The number of nitrogens with zero attached hydrogens (tertiary/aromatic N) is 2. The summed E-state index contributed by atoms with van der Waals surface area (Å²) in [6.45, 7) is 0.858. The van der Waals surface area contributed by atoms with E-state index < -0.39 is 11.5 Å². The summed E-state index contributed by atoms with van der Waals surface area (Å²) in [5, 5.41) is 11.4. The maximum Gasteiger partial charge on any atom is 0.235 e. The zero-order valence-corrected chi connectivity index (χ0v) is 16.2. The van der Waals surface area contributed by atoms with E-state index in [1.54, 1.807) is 19.0 Å². The van der Waals surface area contributed by atoms with Crippen molar-refractivity contribution in [3.8, 4) is 0 Å². The van der Waals surface area contributed by atoms with E-state index in [4.69, 9.17) is 0 Å². The summed E-state index contributed by atoms with van der Waals surface area (Å²) in [6, 6.07) is 19.2. The van der Waals surface area contributed by atoms with Gasteiger partial charge in [0.25, 0.3) is 0 Å². The van der Waals surface area contributed by atoms with E-state index in [1.807, 2.05) is 74.8 Å². The molecule has 0 aliphatic rings. The van der Waals surface area contributed by atoms with Crippen LogP contribution in [0.15, 0.2) is 60.7 Å². The van der Waals surface area contributed by atoms with Crippen LogP contribution in [0.4, 0.5) is 0 Å². The first kappa shape index (κ1) is 20.1. The fraction of sp³-hybridized carbons (Fsp3) is 0.409. The third-order valence-corrected chi connectivity index (χ3v) is 4.84. The van der Waals surface area contributed by atoms with Gasteiger partial charge in [0.1, 0.15) is 5.41 Å². The minimum atomic E-state index is -1.01. The molecule has 2 atom stereocenters. The highest BCUT2D eigenvalue weighted by molar-refractivity contribution is 5.89.